The van der Waals surface area contributed by atoms with Crippen molar-refractivity contribution in [3.05, 3.63) is 54.2 Å². The zero-order valence-corrected chi connectivity index (χ0v) is 20.1. The summed E-state index contributed by atoms with van der Waals surface area (Å²) in [5.41, 5.74) is 8.84. The molecular formula is C25H26N6O3S. The van der Waals surface area contributed by atoms with Crippen LogP contribution in [0.5, 0.6) is 0 Å². The van der Waals surface area contributed by atoms with E-state index >= 15 is 0 Å². The van der Waals surface area contributed by atoms with Gasteiger partial charge >= 0.3 is 0 Å². The van der Waals surface area contributed by atoms with Crippen LogP contribution < -0.4 is 16.0 Å². The van der Waals surface area contributed by atoms with E-state index in [9.17, 15) is 9.90 Å². The molecule has 35 heavy (non-hydrogen) atoms. The van der Waals surface area contributed by atoms with Gasteiger partial charge in [0.25, 0.3) is 5.91 Å². The molecule has 1 aliphatic heterocycles. The Bertz CT molecular complexity index is 1350. The number of thiophene rings is 1. The summed E-state index contributed by atoms with van der Waals surface area (Å²) in [4.78, 5) is 29.7. The third kappa shape index (κ3) is 5.09. The van der Waals surface area contributed by atoms with E-state index < -0.39 is 6.10 Å². The minimum absolute atomic E-state index is 0.202. The molecule has 9 nitrogen and oxygen atoms in total. The van der Waals surface area contributed by atoms with Crippen LogP contribution in [0.15, 0.2) is 48.7 Å². The zero-order chi connectivity index (χ0) is 24.4. The molecule has 1 aromatic carbocycles. The highest BCUT2D eigenvalue weighted by Crippen LogP contribution is 2.39. The molecule has 4 aromatic rings. The van der Waals surface area contributed by atoms with Gasteiger partial charge in [-0.1, -0.05) is 12.1 Å². The Balaban J connectivity index is 1.56. The molecule has 0 spiro atoms. The lowest BCUT2D eigenvalue weighted by atomic mass is 10.1. The minimum Gasteiger partial charge on any atom is -0.392 e. The highest BCUT2D eigenvalue weighted by molar-refractivity contribution is 7.22. The molecule has 1 saturated heterocycles. The van der Waals surface area contributed by atoms with E-state index in [1.54, 1.807) is 36.6 Å². The van der Waals surface area contributed by atoms with Gasteiger partial charge in [-0.3, -0.25) is 4.79 Å². The van der Waals surface area contributed by atoms with E-state index in [0.29, 0.717) is 30.4 Å². The number of morpholine rings is 1. The van der Waals surface area contributed by atoms with Gasteiger partial charge in [-0.25, -0.2) is 15.0 Å². The molecule has 1 amide bonds. The fourth-order valence-corrected chi connectivity index (χ4v) is 4.98. The van der Waals surface area contributed by atoms with Gasteiger partial charge in [0.2, 0.25) is 0 Å². The monoisotopic (exact) mass is 490 g/mol. The second kappa shape index (κ2) is 9.95. The van der Waals surface area contributed by atoms with Gasteiger partial charge in [-0.05, 0) is 42.8 Å². The molecule has 4 N–H and O–H groups in total. The molecular weight excluding hydrogens is 464 g/mol. The maximum absolute atomic E-state index is 12.5. The van der Waals surface area contributed by atoms with Crippen LogP contribution in [0.4, 0.5) is 11.6 Å². The summed E-state index contributed by atoms with van der Waals surface area (Å²) in [5, 5.41) is 12.2. The SMILES string of the molecule is CC(O)CNC(=O)c1cccc(-c2cc3nc(-c4ccc(N)nc4)nc(N4CCOCC4)c3s2)c1. The van der Waals surface area contributed by atoms with Crippen molar-refractivity contribution in [3.63, 3.8) is 0 Å². The van der Waals surface area contributed by atoms with Crippen molar-refractivity contribution >= 4 is 39.1 Å². The first kappa shape index (κ1) is 23.2. The maximum atomic E-state index is 12.5. The molecule has 0 bridgehead atoms. The van der Waals surface area contributed by atoms with Crippen LogP contribution in [0.2, 0.25) is 0 Å². The molecule has 1 aliphatic rings. The van der Waals surface area contributed by atoms with Crippen LogP contribution in [0, 0.1) is 0 Å². The third-order valence-electron chi connectivity index (χ3n) is 5.68. The first-order valence-electron chi connectivity index (χ1n) is 11.4. The van der Waals surface area contributed by atoms with Crippen molar-refractivity contribution in [2.45, 2.75) is 13.0 Å². The van der Waals surface area contributed by atoms with Gasteiger partial charge in [0.1, 0.15) is 5.82 Å². The number of carbonyl (C=O) groups excluding carboxylic acids is 1. The van der Waals surface area contributed by atoms with E-state index in [-0.39, 0.29) is 12.5 Å². The second-order valence-corrected chi connectivity index (χ2v) is 9.46. The highest BCUT2D eigenvalue weighted by Gasteiger charge is 2.21. The van der Waals surface area contributed by atoms with Crippen LogP contribution in [0.3, 0.4) is 0 Å². The Morgan fingerprint density at radius 1 is 1.20 bits per heavy atom. The molecule has 1 fully saturated rings. The number of nitrogen functional groups attached to an aromatic ring is 1. The van der Waals surface area contributed by atoms with Crippen LogP contribution >= 0.6 is 11.3 Å². The predicted octanol–water partition coefficient (Wildman–Crippen LogP) is 2.95. The topological polar surface area (TPSA) is 126 Å². The number of amides is 1. The number of pyridine rings is 1. The minimum atomic E-state index is -0.604. The fraction of sp³-hybridized carbons (Fsp3) is 0.280. The fourth-order valence-electron chi connectivity index (χ4n) is 3.87. The van der Waals surface area contributed by atoms with Gasteiger partial charge in [-0.15, -0.1) is 11.3 Å². The van der Waals surface area contributed by atoms with Gasteiger partial charge in [0.15, 0.2) is 11.6 Å². The van der Waals surface area contributed by atoms with Crippen molar-refractivity contribution in [1.29, 1.82) is 0 Å². The number of aliphatic hydroxyl groups is 1. The first-order chi connectivity index (χ1) is 17.0. The first-order valence-corrected chi connectivity index (χ1v) is 12.2. The van der Waals surface area contributed by atoms with E-state index in [4.69, 9.17) is 20.4 Å². The second-order valence-electron chi connectivity index (χ2n) is 8.41. The number of rotatable bonds is 6. The number of benzene rings is 1. The van der Waals surface area contributed by atoms with Gasteiger partial charge < -0.3 is 25.8 Å². The molecule has 4 heterocycles. The van der Waals surface area contributed by atoms with Crippen molar-refractivity contribution in [2.75, 3.05) is 43.5 Å². The maximum Gasteiger partial charge on any atom is 0.251 e. The van der Waals surface area contributed by atoms with Crippen molar-refractivity contribution in [1.82, 2.24) is 20.3 Å². The van der Waals surface area contributed by atoms with Crippen LogP contribution in [0.25, 0.3) is 32.0 Å². The van der Waals surface area contributed by atoms with Crippen molar-refractivity contribution < 1.29 is 14.6 Å². The molecule has 5 rings (SSSR count). The summed E-state index contributed by atoms with van der Waals surface area (Å²) >= 11 is 1.60. The molecule has 0 aliphatic carbocycles. The molecule has 1 atom stereocenters. The molecule has 10 heteroatoms. The van der Waals surface area contributed by atoms with Crippen molar-refractivity contribution in [2.24, 2.45) is 0 Å². The number of nitrogens with two attached hydrogens (primary N) is 1. The summed E-state index contributed by atoms with van der Waals surface area (Å²) in [7, 11) is 0. The molecule has 0 saturated carbocycles. The number of anilines is 2. The Hall–Kier alpha value is -3.60. The Morgan fingerprint density at radius 3 is 2.77 bits per heavy atom. The number of nitrogens with one attached hydrogen (secondary N) is 1. The number of fused-ring (bicyclic) bond motifs is 1. The number of aliphatic hydroxyl groups excluding tert-OH is 1. The summed E-state index contributed by atoms with van der Waals surface area (Å²) in [5.74, 6) is 1.67. The van der Waals surface area contributed by atoms with E-state index in [1.807, 2.05) is 30.3 Å². The van der Waals surface area contributed by atoms with Crippen LogP contribution in [-0.2, 0) is 4.74 Å². The Morgan fingerprint density at radius 2 is 2.03 bits per heavy atom. The standard InChI is InChI=1S/C25H26N6O3S/c1-15(32)13-28-25(33)17-4-2-3-16(11-17)20-12-19-22(35-20)24(31-7-9-34-10-8-31)30-23(29-19)18-5-6-21(26)27-14-18/h2-6,11-12,14-15,32H,7-10,13H2,1H3,(H2,26,27)(H,28,33). The normalized spacial score (nSPS) is 14.7. The number of hydrogen-bond donors (Lipinski definition) is 3. The summed E-state index contributed by atoms with van der Waals surface area (Å²) < 4.78 is 6.53. The number of ether oxygens (including phenoxy) is 1. The van der Waals surface area contributed by atoms with Gasteiger partial charge in [0.05, 0.1) is 29.5 Å². The molecule has 180 valence electrons. The van der Waals surface area contributed by atoms with E-state index in [0.717, 1.165) is 45.1 Å². The van der Waals surface area contributed by atoms with Crippen LogP contribution in [0.1, 0.15) is 17.3 Å². The average molecular weight is 491 g/mol. The smallest absolute Gasteiger partial charge is 0.251 e. The number of aromatic nitrogens is 3. The van der Waals surface area contributed by atoms with Gasteiger partial charge in [-0.2, -0.15) is 0 Å². The largest absolute Gasteiger partial charge is 0.392 e. The van der Waals surface area contributed by atoms with E-state index in [1.165, 1.54) is 0 Å². The lowest BCUT2D eigenvalue weighted by molar-refractivity contribution is 0.0924. The quantitative estimate of drug-likeness (QED) is 0.377. The number of nitrogens with zero attached hydrogens (tertiary/aromatic N) is 4. The van der Waals surface area contributed by atoms with Crippen molar-refractivity contribution in [3.8, 4) is 21.8 Å². The molecule has 3 aromatic heterocycles. The zero-order valence-electron chi connectivity index (χ0n) is 19.3. The highest BCUT2D eigenvalue weighted by atomic mass is 32.1. The number of carbonyl (C=O) groups is 1. The Labute approximate surface area is 206 Å². The molecule has 1 unspecified atom stereocenters. The van der Waals surface area contributed by atoms with Crippen LogP contribution in [-0.4, -0.2) is 64.9 Å². The lowest BCUT2D eigenvalue weighted by Gasteiger charge is -2.28. The summed E-state index contributed by atoms with van der Waals surface area (Å²) in [6, 6.07) is 13.1. The lowest BCUT2D eigenvalue weighted by Crippen LogP contribution is -2.36. The summed E-state index contributed by atoms with van der Waals surface area (Å²) in [6.45, 7) is 4.62. The molecule has 0 radical (unpaired) electrons. The Kier molecular flexibility index (Phi) is 6.58. The van der Waals surface area contributed by atoms with Gasteiger partial charge in [0, 0.05) is 41.8 Å². The predicted molar refractivity (Wildman–Crippen MR) is 138 cm³/mol. The number of hydrogen-bond acceptors (Lipinski definition) is 9. The summed E-state index contributed by atoms with van der Waals surface area (Å²) in [6.07, 6.45) is 1.08. The van der Waals surface area contributed by atoms with E-state index in [2.05, 4.69) is 15.2 Å². The third-order valence-corrected chi connectivity index (χ3v) is 6.85. The average Bonchev–Trinajstić information content (AvgIpc) is 3.32.